The van der Waals surface area contributed by atoms with E-state index in [-0.39, 0.29) is 47.9 Å². The van der Waals surface area contributed by atoms with Gasteiger partial charge in [-0.3, -0.25) is 13.8 Å². The summed E-state index contributed by atoms with van der Waals surface area (Å²) in [6, 6.07) is -0.923. The lowest BCUT2D eigenvalue weighted by molar-refractivity contribution is -0.214. The Balaban J connectivity index is 1.56. The smallest absolute Gasteiger partial charge is 0.336 e. The molecule has 5 fully saturated rings. The second-order valence-electron chi connectivity index (χ2n) is 11.3. The molecule has 0 radical (unpaired) electrons. The van der Waals surface area contributed by atoms with Crippen LogP contribution in [0, 0.1) is 34.5 Å². The van der Waals surface area contributed by atoms with E-state index in [4.69, 9.17) is 8.92 Å². The number of rotatable bonds is 2. The van der Waals surface area contributed by atoms with Gasteiger partial charge in [-0.25, -0.2) is 4.39 Å². The number of esters is 1. The van der Waals surface area contributed by atoms with Crippen molar-refractivity contribution in [2.45, 2.75) is 90.0 Å². The van der Waals surface area contributed by atoms with Crippen LogP contribution in [0.2, 0.25) is 0 Å². The molecule has 1 heterocycles. The third kappa shape index (κ3) is 3.06. The molecule has 1 saturated heterocycles. The largest absolute Gasteiger partial charge is 0.462 e. The predicted octanol–water partition coefficient (Wildman–Crippen LogP) is 3.08. The number of ketones is 1. The molecule has 4 aliphatic carbocycles. The minimum absolute atomic E-state index is 0.00957. The zero-order valence-electron chi connectivity index (χ0n) is 19.1. The summed E-state index contributed by atoms with van der Waals surface area (Å²) in [4.78, 5) is 23.9. The van der Waals surface area contributed by atoms with Crippen molar-refractivity contribution in [2.75, 3.05) is 6.61 Å². The maximum Gasteiger partial charge on any atom is 0.336 e. The van der Waals surface area contributed by atoms with Crippen molar-refractivity contribution in [3.05, 3.63) is 0 Å². The molecule has 0 aromatic heterocycles. The fourth-order valence-corrected chi connectivity index (χ4v) is 9.91. The standard InChI is InChI=1S/C23H34FNO6S/c1-13(26)17-4-5-18-16-10-20-23(24)11-15(31-14(2)27)6-9-22(23,12-30-32(28,29)25-20)19(16)7-8-21(17,18)3/h15-20,25H,4-12H2,1-3H3/t15?,16?,17?,18?,19?,20-,21?,22?,23?/m0/s1. The van der Waals surface area contributed by atoms with Crippen LogP contribution in [0.15, 0.2) is 0 Å². The number of hydrogen-bond acceptors (Lipinski definition) is 6. The van der Waals surface area contributed by atoms with E-state index in [0.717, 1.165) is 25.7 Å². The van der Waals surface area contributed by atoms with E-state index in [0.29, 0.717) is 19.3 Å². The number of carbonyl (C=O) groups is 2. The van der Waals surface area contributed by atoms with Crippen molar-refractivity contribution in [3.8, 4) is 0 Å². The van der Waals surface area contributed by atoms with Crippen molar-refractivity contribution < 1.29 is 31.3 Å². The van der Waals surface area contributed by atoms with Crippen LogP contribution in [0.3, 0.4) is 0 Å². The minimum atomic E-state index is -4.07. The summed E-state index contributed by atoms with van der Waals surface area (Å²) in [5.74, 6) is 0.205. The number of nitrogens with one attached hydrogen (secondary N) is 1. The third-order valence-corrected chi connectivity index (χ3v) is 11.1. The Bertz CT molecular complexity index is 941. The molecular weight excluding hydrogens is 437 g/mol. The lowest BCUT2D eigenvalue weighted by Crippen LogP contribution is -2.70. The summed E-state index contributed by atoms with van der Waals surface area (Å²) >= 11 is 0. The first-order valence-electron chi connectivity index (χ1n) is 12.0. The fraction of sp³-hybridized carbons (Fsp3) is 0.913. The first-order valence-corrected chi connectivity index (χ1v) is 13.4. The number of fused-ring (bicyclic) bond motifs is 3. The molecule has 8 unspecified atom stereocenters. The molecule has 0 amide bonds. The fourth-order valence-electron chi connectivity index (χ4n) is 8.84. The summed E-state index contributed by atoms with van der Waals surface area (Å²) in [6.07, 6.45) is 4.14. The second kappa shape index (κ2) is 7.22. The number of hydrogen-bond donors (Lipinski definition) is 1. The summed E-state index contributed by atoms with van der Waals surface area (Å²) in [5, 5.41) is 0. The van der Waals surface area contributed by atoms with Gasteiger partial charge >= 0.3 is 16.3 Å². The summed E-state index contributed by atoms with van der Waals surface area (Å²) in [6.45, 7) is 5.03. The van der Waals surface area contributed by atoms with Gasteiger partial charge in [0.05, 0.1) is 12.6 Å². The molecule has 9 heteroatoms. The van der Waals surface area contributed by atoms with Gasteiger partial charge in [0.15, 0.2) is 0 Å². The summed E-state index contributed by atoms with van der Waals surface area (Å²) < 4.78 is 55.6. The molecule has 1 aliphatic heterocycles. The Morgan fingerprint density at radius 1 is 1.09 bits per heavy atom. The van der Waals surface area contributed by atoms with Crippen LogP contribution in [0.5, 0.6) is 0 Å². The van der Waals surface area contributed by atoms with Crippen LogP contribution in [0.1, 0.15) is 72.1 Å². The Morgan fingerprint density at radius 2 is 1.84 bits per heavy atom. The zero-order valence-corrected chi connectivity index (χ0v) is 19.9. The van der Waals surface area contributed by atoms with E-state index < -0.39 is 39.5 Å². The Morgan fingerprint density at radius 3 is 2.53 bits per heavy atom. The molecule has 32 heavy (non-hydrogen) atoms. The van der Waals surface area contributed by atoms with E-state index in [1.165, 1.54) is 6.92 Å². The van der Waals surface area contributed by atoms with Crippen LogP contribution in [0.25, 0.3) is 0 Å². The molecule has 7 nitrogen and oxygen atoms in total. The molecule has 1 N–H and O–H groups in total. The maximum absolute atomic E-state index is 17.2. The van der Waals surface area contributed by atoms with Crippen LogP contribution < -0.4 is 4.72 Å². The summed E-state index contributed by atoms with van der Waals surface area (Å²) in [5.41, 5.74) is -2.90. The highest BCUT2D eigenvalue weighted by Gasteiger charge is 2.72. The van der Waals surface area contributed by atoms with Gasteiger partial charge in [0.2, 0.25) is 0 Å². The van der Waals surface area contributed by atoms with Crippen molar-refractivity contribution in [1.29, 1.82) is 0 Å². The average Bonchev–Trinajstić information content (AvgIpc) is 3.02. The van der Waals surface area contributed by atoms with Gasteiger partial charge in [-0.15, -0.1) is 0 Å². The maximum atomic E-state index is 17.2. The minimum Gasteiger partial charge on any atom is -0.462 e. The molecular formula is C23H34FNO6S. The Kier molecular flexibility index (Phi) is 5.12. The van der Waals surface area contributed by atoms with Crippen LogP contribution in [-0.2, 0) is 28.8 Å². The van der Waals surface area contributed by atoms with E-state index in [9.17, 15) is 18.0 Å². The van der Waals surface area contributed by atoms with Crippen molar-refractivity contribution >= 4 is 22.1 Å². The lowest BCUT2D eigenvalue weighted by atomic mass is 9.42. The number of Topliss-reactive ketones (excluding diaryl/α,β-unsaturated/α-hetero) is 1. The van der Waals surface area contributed by atoms with Crippen LogP contribution >= 0.6 is 0 Å². The first-order chi connectivity index (χ1) is 14.9. The molecule has 180 valence electrons. The number of ether oxygens (including phenoxy) is 1. The molecule has 0 aromatic carbocycles. The topological polar surface area (TPSA) is 98.8 Å². The number of carbonyl (C=O) groups excluding carboxylic acids is 2. The molecule has 9 atom stereocenters. The second-order valence-corrected chi connectivity index (χ2v) is 12.7. The van der Waals surface area contributed by atoms with Gasteiger partial charge in [0.1, 0.15) is 17.6 Å². The molecule has 2 bridgehead atoms. The predicted molar refractivity (Wildman–Crippen MR) is 113 cm³/mol. The van der Waals surface area contributed by atoms with E-state index in [1.807, 2.05) is 0 Å². The molecule has 0 spiro atoms. The van der Waals surface area contributed by atoms with Crippen molar-refractivity contribution in [1.82, 2.24) is 4.72 Å². The van der Waals surface area contributed by atoms with Gasteiger partial charge in [-0.05, 0) is 75.0 Å². The molecule has 0 aromatic rings. The summed E-state index contributed by atoms with van der Waals surface area (Å²) in [7, 11) is -4.07. The van der Waals surface area contributed by atoms with Gasteiger partial charge in [-0.2, -0.15) is 13.1 Å². The number of alkyl halides is 1. The van der Waals surface area contributed by atoms with Gasteiger partial charge in [-0.1, -0.05) is 6.92 Å². The zero-order chi connectivity index (χ0) is 23.1. The molecule has 4 saturated carbocycles. The van der Waals surface area contributed by atoms with E-state index in [1.54, 1.807) is 6.92 Å². The van der Waals surface area contributed by atoms with Gasteiger partial charge in [0, 0.05) is 24.7 Å². The SMILES string of the molecule is CC(=O)OC1CCC23COS(=O)(=O)N[C@@H](CC4C5CCC(C(C)=O)C5(C)CCC42)C3(F)C1. The highest BCUT2D eigenvalue weighted by atomic mass is 32.2. The molecule has 5 rings (SSSR count). The van der Waals surface area contributed by atoms with Crippen molar-refractivity contribution in [3.63, 3.8) is 0 Å². The van der Waals surface area contributed by atoms with Gasteiger partial charge < -0.3 is 4.74 Å². The van der Waals surface area contributed by atoms with E-state index in [2.05, 4.69) is 11.6 Å². The van der Waals surface area contributed by atoms with Crippen LogP contribution in [-0.4, -0.2) is 44.6 Å². The monoisotopic (exact) mass is 471 g/mol. The average molecular weight is 472 g/mol. The number of halogens is 1. The van der Waals surface area contributed by atoms with Crippen LogP contribution in [0.4, 0.5) is 4.39 Å². The third-order valence-electron chi connectivity index (χ3n) is 10.1. The normalized spacial score (nSPS) is 51.5. The lowest BCUT2D eigenvalue weighted by Gasteiger charge is -2.64. The molecule has 5 aliphatic rings. The van der Waals surface area contributed by atoms with E-state index >= 15 is 4.39 Å². The highest BCUT2D eigenvalue weighted by Crippen LogP contribution is 2.70. The quantitative estimate of drug-likeness (QED) is 0.622. The Hall–Kier alpha value is -1.06. The van der Waals surface area contributed by atoms with Crippen molar-refractivity contribution in [2.24, 2.45) is 34.5 Å². The van der Waals surface area contributed by atoms with Gasteiger partial charge in [0.25, 0.3) is 0 Å². The first kappa shape index (κ1) is 22.7. The Labute approximate surface area is 189 Å². The highest BCUT2D eigenvalue weighted by molar-refractivity contribution is 7.84.